The summed E-state index contributed by atoms with van der Waals surface area (Å²) in [6.07, 6.45) is 7.27. The molecule has 0 saturated carbocycles. The van der Waals surface area contributed by atoms with Crippen LogP contribution in [-0.2, 0) is 6.54 Å². The van der Waals surface area contributed by atoms with Crippen LogP contribution < -0.4 is 5.32 Å². The van der Waals surface area contributed by atoms with Crippen LogP contribution in [0.1, 0.15) is 45.9 Å². The lowest BCUT2D eigenvalue weighted by Crippen LogP contribution is -2.35. The van der Waals surface area contributed by atoms with Crippen molar-refractivity contribution in [1.29, 1.82) is 0 Å². The molecule has 0 fully saturated rings. The van der Waals surface area contributed by atoms with Gasteiger partial charge in [0, 0.05) is 24.3 Å². The quantitative estimate of drug-likeness (QED) is 0.847. The third-order valence-electron chi connectivity index (χ3n) is 2.76. The average molecular weight is 255 g/mol. The molecule has 0 bridgehead atoms. The van der Waals surface area contributed by atoms with E-state index < -0.39 is 0 Å². The van der Waals surface area contributed by atoms with E-state index in [-0.39, 0.29) is 5.54 Å². The molecule has 1 N–H and O–H groups in total. The summed E-state index contributed by atoms with van der Waals surface area (Å²) < 4.78 is 2.29. The van der Waals surface area contributed by atoms with E-state index in [0.717, 1.165) is 6.54 Å². The Labute approximate surface area is 109 Å². The van der Waals surface area contributed by atoms with Crippen molar-refractivity contribution in [2.24, 2.45) is 0 Å². The Morgan fingerprint density at radius 2 is 2.18 bits per heavy atom. The molecule has 0 amide bonds. The number of rotatable bonds is 6. The van der Waals surface area contributed by atoms with Crippen LogP contribution in [-0.4, -0.2) is 27.1 Å². The van der Waals surface area contributed by atoms with Gasteiger partial charge in [-0.25, -0.2) is 4.98 Å². The van der Waals surface area contributed by atoms with Gasteiger partial charge in [-0.1, -0.05) is 0 Å². The van der Waals surface area contributed by atoms with E-state index in [9.17, 15) is 0 Å². The highest BCUT2D eigenvalue weighted by atomic mass is 32.2. The van der Waals surface area contributed by atoms with Gasteiger partial charge in [0.25, 0.3) is 0 Å². The minimum atomic E-state index is 0.150. The molecule has 0 aliphatic carbocycles. The van der Waals surface area contributed by atoms with Crippen molar-refractivity contribution in [2.45, 2.75) is 52.2 Å². The minimum absolute atomic E-state index is 0.150. The van der Waals surface area contributed by atoms with Gasteiger partial charge in [-0.3, -0.25) is 0 Å². The molecule has 0 aliphatic heterocycles. The maximum absolute atomic E-state index is 4.27. The molecule has 0 radical (unpaired) electrons. The molecule has 17 heavy (non-hydrogen) atoms. The molecule has 0 spiro atoms. The average Bonchev–Trinajstić information content (AvgIpc) is 2.70. The molecule has 1 aromatic heterocycles. The molecule has 0 aromatic carbocycles. The Balaban J connectivity index is 2.59. The van der Waals surface area contributed by atoms with Gasteiger partial charge in [-0.15, -0.1) is 0 Å². The Hall–Kier alpha value is -0.480. The number of hydrogen-bond acceptors (Lipinski definition) is 3. The smallest absolute Gasteiger partial charge is 0.0951 e. The summed E-state index contributed by atoms with van der Waals surface area (Å²) in [6, 6.07) is 0.529. The van der Waals surface area contributed by atoms with Crippen molar-refractivity contribution in [1.82, 2.24) is 14.9 Å². The summed E-state index contributed by atoms with van der Waals surface area (Å²) in [4.78, 5) is 4.27. The molecule has 98 valence electrons. The first kappa shape index (κ1) is 14.6. The van der Waals surface area contributed by atoms with Crippen molar-refractivity contribution < 1.29 is 0 Å². The maximum Gasteiger partial charge on any atom is 0.0951 e. The van der Waals surface area contributed by atoms with Crippen molar-refractivity contribution in [3.05, 3.63) is 18.2 Å². The van der Waals surface area contributed by atoms with Gasteiger partial charge in [0.15, 0.2) is 0 Å². The lowest BCUT2D eigenvalue weighted by molar-refractivity contribution is 0.407. The standard InChI is InChI=1S/C13H25N3S/c1-11(6-7-17-5)16-10-14-8-12(16)9-15-13(2,3)4/h8,10-11,15H,6-7,9H2,1-5H3. The third-order valence-corrected chi connectivity index (χ3v) is 3.40. The van der Waals surface area contributed by atoms with Gasteiger partial charge < -0.3 is 9.88 Å². The van der Waals surface area contributed by atoms with Gasteiger partial charge >= 0.3 is 0 Å². The molecule has 1 unspecified atom stereocenters. The zero-order valence-corrected chi connectivity index (χ0v) is 12.5. The normalized spacial score (nSPS) is 13.9. The lowest BCUT2D eigenvalue weighted by atomic mass is 10.1. The Kier molecular flexibility index (Phi) is 5.53. The molecular formula is C13H25N3S. The number of thioether (sulfide) groups is 1. The fourth-order valence-corrected chi connectivity index (χ4v) is 2.23. The SMILES string of the molecule is CSCCC(C)n1cncc1CNC(C)(C)C. The zero-order chi connectivity index (χ0) is 12.9. The third kappa shape index (κ3) is 5.13. The highest BCUT2D eigenvalue weighted by Crippen LogP contribution is 2.16. The second-order valence-electron chi connectivity index (χ2n) is 5.53. The zero-order valence-electron chi connectivity index (χ0n) is 11.7. The van der Waals surface area contributed by atoms with Crippen LogP contribution in [0.15, 0.2) is 12.5 Å². The molecule has 3 nitrogen and oxygen atoms in total. The first-order chi connectivity index (χ1) is 7.94. The summed E-state index contributed by atoms with van der Waals surface area (Å²) in [5.41, 5.74) is 1.42. The van der Waals surface area contributed by atoms with E-state index in [0.29, 0.717) is 6.04 Å². The number of hydrogen-bond donors (Lipinski definition) is 1. The highest BCUT2D eigenvalue weighted by molar-refractivity contribution is 7.98. The predicted octanol–water partition coefficient (Wildman–Crippen LogP) is 3.09. The van der Waals surface area contributed by atoms with Crippen LogP contribution in [0.2, 0.25) is 0 Å². The fraction of sp³-hybridized carbons (Fsp3) is 0.769. The Bertz CT molecular complexity index is 328. The topological polar surface area (TPSA) is 29.9 Å². The summed E-state index contributed by atoms with van der Waals surface area (Å²) in [5, 5.41) is 3.51. The summed E-state index contributed by atoms with van der Waals surface area (Å²) in [6.45, 7) is 9.70. The minimum Gasteiger partial charge on any atom is -0.331 e. The van der Waals surface area contributed by atoms with Gasteiger partial charge in [-0.05, 0) is 46.1 Å². The summed E-state index contributed by atoms with van der Waals surface area (Å²) >= 11 is 1.90. The number of nitrogens with zero attached hydrogens (tertiary/aromatic N) is 2. The van der Waals surface area contributed by atoms with E-state index in [1.165, 1.54) is 17.9 Å². The fourth-order valence-electron chi connectivity index (χ4n) is 1.65. The second kappa shape index (κ2) is 6.45. The van der Waals surface area contributed by atoms with Crippen LogP contribution in [0.4, 0.5) is 0 Å². The molecule has 4 heteroatoms. The van der Waals surface area contributed by atoms with Crippen LogP contribution in [0.25, 0.3) is 0 Å². The van der Waals surface area contributed by atoms with Gasteiger partial charge in [0.05, 0.1) is 12.0 Å². The largest absolute Gasteiger partial charge is 0.331 e. The second-order valence-corrected chi connectivity index (χ2v) is 6.51. The van der Waals surface area contributed by atoms with Crippen LogP contribution in [0.5, 0.6) is 0 Å². The molecule has 1 heterocycles. The van der Waals surface area contributed by atoms with Crippen molar-refractivity contribution in [3.63, 3.8) is 0 Å². The van der Waals surface area contributed by atoms with Crippen LogP contribution in [0, 0.1) is 0 Å². The summed E-state index contributed by atoms with van der Waals surface area (Å²) in [7, 11) is 0. The van der Waals surface area contributed by atoms with E-state index in [1.807, 2.05) is 24.3 Å². The van der Waals surface area contributed by atoms with Crippen LogP contribution in [0.3, 0.4) is 0 Å². The molecule has 0 aliphatic rings. The molecule has 1 rings (SSSR count). The van der Waals surface area contributed by atoms with Crippen molar-refractivity contribution >= 4 is 11.8 Å². The van der Waals surface area contributed by atoms with E-state index in [1.54, 1.807) is 0 Å². The van der Waals surface area contributed by atoms with Crippen LogP contribution >= 0.6 is 11.8 Å². The molecule has 0 saturated heterocycles. The Morgan fingerprint density at radius 1 is 1.47 bits per heavy atom. The highest BCUT2D eigenvalue weighted by Gasteiger charge is 2.13. The predicted molar refractivity (Wildman–Crippen MR) is 76.5 cm³/mol. The number of imidazole rings is 1. The summed E-state index contributed by atoms with van der Waals surface area (Å²) in [5.74, 6) is 1.20. The lowest BCUT2D eigenvalue weighted by Gasteiger charge is -2.22. The first-order valence-electron chi connectivity index (χ1n) is 6.18. The molecular weight excluding hydrogens is 230 g/mol. The van der Waals surface area contributed by atoms with Gasteiger partial charge in [0.2, 0.25) is 0 Å². The van der Waals surface area contributed by atoms with E-state index >= 15 is 0 Å². The monoisotopic (exact) mass is 255 g/mol. The molecule has 1 aromatic rings. The van der Waals surface area contributed by atoms with Gasteiger partial charge in [0.1, 0.15) is 0 Å². The Morgan fingerprint density at radius 3 is 2.76 bits per heavy atom. The van der Waals surface area contributed by atoms with Gasteiger partial charge in [-0.2, -0.15) is 11.8 Å². The number of nitrogens with one attached hydrogen (secondary N) is 1. The van der Waals surface area contributed by atoms with Crippen molar-refractivity contribution in [2.75, 3.05) is 12.0 Å². The number of aromatic nitrogens is 2. The van der Waals surface area contributed by atoms with E-state index in [4.69, 9.17) is 0 Å². The van der Waals surface area contributed by atoms with Crippen molar-refractivity contribution in [3.8, 4) is 0 Å². The van der Waals surface area contributed by atoms with E-state index in [2.05, 4.69) is 48.8 Å². The maximum atomic E-state index is 4.27. The molecule has 1 atom stereocenters. The first-order valence-corrected chi connectivity index (χ1v) is 7.58.